The fraction of sp³-hybridized carbons (Fsp3) is 0.312. The lowest BCUT2D eigenvalue weighted by atomic mass is 9.96. The van der Waals surface area contributed by atoms with Crippen molar-refractivity contribution in [3.8, 4) is 5.69 Å². The van der Waals surface area contributed by atoms with Crippen LogP contribution in [0, 0.1) is 13.8 Å². The molecule has 4 heterocycles. The minimum absolute atomic E-state index is 0.0348. The predicted molar refractivity (Wildman–Crippen MR) is 162 cm³/mol. The van der Waals surface area contributed by atoms with Crippen LogP contribution in [-0.2, 0) is 11.2 Å². The number of aryl methyl sites for hydroxylation is 2. The fourth-order valence-corrected chi connectivity index (χ4v) is 6.31. The minimum Gasteiger partial charge on any atom is -0.378 e. The SMILES string of the molecule is CCc1ccc(N2C(=S)NC(c3ccccn3)C2c2cc(C)n(-c3ccc(N4CCOCC4)cc3)c2C)cc1. The number of hydrogen-bond donors (Lipinski definition) is 1. The quantitative estimate of drug-likeness (QED) is 0.302. The number of nitrogens with zero attached hydrogens (tertiary/aromatic N) is 4. The zero-order valence-corrected chi connectivity index (χ0v) is 23.6. The fourth-order valence-electron chi connectivity index (χ4n) is 5.96. The molecule has 39 heavy (non-hydrogen) atoms. The third-order valence-corrected chi connectivity index (χ3v) is 8.31. The van der Waals surface area contributed by atoms with E-state index in [4.69, 9.17) is 21.9 Å². The van der Waals surface area contributed by atoms with Crippen molar-refractivity contribution in [2.45, 2.75) is 39.3 Å². The van der Waals surface area contributed by atoms with Crippen molar-refractivity contribution in [3.63, 3.8) is 0 Å². The molecule has 2 aromatic carbocycles. The van der Waals surface area contributed by atoms with Crippen molar-refractivity contribution < 1.29 is 4.74 Å². The van der Waals surface area contributed by atoms with Crippen LogP contribution in [0.4, 0.5) is 11.4 Å². The first-order valence-corrected chi connectivity index (χ1v) is 14.2. The second kappa shape index (κ2) is 10.8. The number of aromatic nitrogens is 2. The van der Waals surface area contributed by atoms with Gasteiger partial charge < -0.3 is 24.4 Å². The third-order valence-electron chi connectivity index (χ3n) is 7.99. The van der Waals surface area contributed by atoms with E-state index in [-0.39, 0.29) is 12.1 Å². The number of anilines is 2. The summed E-state index contributed by atoms with van der Waals surface area (Å²) in [6, 6.07) is 26.0. The molecule has 2 aliphatic heterocycles. The highest BCUT2D eigenvalue weighted by atomic mass is 32.1. The number of hydrogen-bond acceptors (Lipinski definition) is 4. The number of benzene rings is 2. The van der Waals surface area contributed by atoms with E-state index in [0.717, 1.165) is 54.9 Å². The lowest BCUT2D eigenvalue weighted by Gasteiger charge is -2.29. The van der Waals surface area contributed by atoms with Gasteiger partial charge in [-0.25, -0.2) is 0 Å². The first-order valence-electron chi connectivity index (χ1n) is 13.8. The second-order valence-corrected chi connectivity index (χ2v) is 10.7. The molecular formula is C32H35N5OS. The van der Waals surface area contributed by atoms with E-state index >= 15 is 0 Å². The Hall–Kier alpha value is -3.68. The van der Waals surface area contributed by atoms with Crippen LogP contribution in [0.25, 0.3) is 5.69 Å². The Morgan fingerprint density at radius 2 is 1.62 bits per heavy atom. The Balaban J connectivity index is 1.41. The molecule has 2 aromatic heterocycles. The zero-order chi connectivity index (χ0) is 26.9. The third kappa shape index (κ3) is 4.81. The standard InChI is InChI=1S/C32H35N5OS/c1-4-24-8-10-27(11-9-24)37-31(30(34-32(37)39)29-7-5-6-16-33-29)28-21-22(2)36(23(28)3)26-14-12-25(13-15-26)35-17-19-38-20-18-35/h5-16,21,30-31H,4,17-20H2,1-3H3,(H,34,39). The average molecular weight is 538 g/mol. The van der Waals surface area contributed by atoms with Gasteiger partial charge in [0.15, 0.2) is 5.11 Å². The Kier molecular flexibility index (Phi) is 7.11. The van der Waals surface area contributed by atoms with Gasteiger partial charge in [-0.3, -0.25) is 4.98 Å². The van der Waals surface area contributed by atoms with Gasteiger partial charge >= 0.3 is 0 Å². The molecule has 2 aliphatic rings. The Morgan fingerprint density at radius 3 is 2.28 bits per heavy atom. The summed E-state index contributed by atoms with van der Waals surface area (Å²) >= 11 is 5.96. The molecule has 0 aliphatic carbocycles. The Morgan fingerprint density at radius 1 is 0.923 bits per heavy atom. The van der Waals surface area contributed by atoms with Crippen molar-refractivity contribution in [2.75, 3.05) is 36.1 Å². The van der Waals surface area contributed by atoms with E-state index in [1.54, 1.807) is 0 Å². The number of thiocarbonyl (C=S) groups is 1. The molecule has 0 spiro atoms. The Labute approximate surface area is 236 Å². The largest absolute Gasteiger partial charge is 0.378 e. The molecular weight excluding hydrogens is 502 g/mol. The van der Waals surface area contributed by atoms with Gasteiger partial charge in [-0.2, -0.15) is 0 Å². The van der Waals surface area contributed by atoms with Gasteiger partial charge in [0.25, 0.3) is 0 Å². The highest BCUT2D eigenvalue weighted by Crippen LogP contribution is 2.43. The molecule has 6 nitrogen and oxygen atoms in total. The monoisotopic (exact) mass is 537 g/mol. The summed E-state index contributed by atoms with van der Waals surface area (Å²) in [6.45, 7) is 10.0. The molecule has 6 rings (SSSR count). The van der Waals surface area contributed by atoms with Crippen LogP contribution < -0.4 is 15.1 Å². The van der Waals surface area contributed by atoms with Crippen LogP contribution in [0.1, 0.15) is 47.2 Å². The molecule has 2 atom stereocenters. The summed E-state index contributed by atoms with van der Waals surface area (Å²) in [7, 11) is 0. The van der Waals surface area contributed by atoms with Crippen molar-refractivity contribution >= 4 is 28.7 Å². The van der Waals surface area contributed by atoms with Gasteiger partial charge in [0.1, 0.15) is 0 Å². The summed E-state index contributed by atoms with van der Waals surface area (Å²) in [4.78, 5) is 9.38. The first kappa shape index (κ1) is 25.6. The van der Waals surface area contributed by atoms with Gasteiger partial charge in [-0.15, -0.1) is 0 Å². The van der Waals surface area contributed by atoms with E-state index in [1.807, 2.05) is 18.3 Å². The van der Waals surface area contributed by atoms with Gasteiger partial charge in [-0.05, 0) is 98.2 Å². The molecule has 4 aromatic rings. The van der Waals surface area contributed by atoms with E-state index in [0.29, 0.717) is 0 Å². The molecule has 200 valence electrons. The van der Waals surface area contributed by atoms with Crippen molar-refractivity contribution in [1.82, 2.24) is 14.9 Å². The van der Waals surface area contributed by atoms with E-state index < -0.39 is 0 Å². The average Bonchev–Trinajstić information content (AvgIpc) is 3.48. The summed E-state index contributed by atoms with van der Waals surface area (Å²) < 4.78 is 7.88. The number of morpholine rings is 1. The van der Waals surface area contributed by atoms with E-state index in [9.17, 15) is 0 Å². The molecule has 0 radical (unpaired) electrons. The van der Waals surface area contributed by atoms with Gasteiger partial charge in [0.2, 0.25) is 0 Å². The normalized spacial score (nSPS) is 19.4. The maximum atomic E-state index is 5.96. The summed E-state index contributed by atoms with van der Waals surface area (Å²) in [5, 5.41) is 4.33. The maximum absolute atomic E-state index is 5.96. The highest BCUT2D eigenvalue weighted by Gasteiger charge is 2.42. The van der Waals surface area contributed by atoms with Crippen LogP contribution in [0.5, 0.6) is 0 Å². The molecule has 7 heteroatoms. The summed E-state index contributed by atoms with van der Waals surface area (Å²) in [6.07, 6.45) is 2.86. The molecule has 2 unspecified atom stereocenters. The number of ether oxygens (including phenoxy) is 1. The first-order chi connectivity index (χ1) is 19.0. The van der Waals surface area contributed by atoms with Crippen molar-refractivity contribution in [1.29, 1.82) is 0 Å². The van der Waals surface area contributed by atoms with Gasteiger partial charge in [0.05, 0.1) is 31.0 Å². The lowest BCUT2D eigenvalue weighted by Crippen LogP contribution is -2.36. The lowest BCUT2D eigenvalue weighted by molar-refractivity contribution is 0.122. The number of pyridine rings is 1. The summed E-state index contributed by atoms with van der Waals surface area (Å²) in [5.41, 5.74) is 9.44. The minimum atomic E-state index is -0.0674. The van der Waals surface area contributed by atoms with E-state index in [1.165, 1.54) is 28.2 Å². The van der Waals surface area contributed by atoms with Gasteiger partial charge in [-0.1, -0.05) is 25.1 Å². The predicted octanol–water partition coefficient (Wildman–Crippen LogP) is 6.07. The molecule has 0 saturated carbocycles. The van der Waals surface area contributed by atoms with Crippen LogP contribution in [0.3, 0.4) is 0 Å². The summed E-state index contributed by atoms with van der Waals surface area (Å²) in [5.74, 6) is 0. The molecule has 1 N–H and O–H groups in total. The molecule has 2 saturated heterocycles. The highest BCUT2D eigenvalue weighted by molar-refractivity contribution is 7.80. The van der Waals surface area contributed by atoms with Crippen LogP contribution in [0.2, 0.25) is 0 Å². The second-order valence-electron chi connectivity index (χ2n) is 10.3. The Bertz CT molecular complexity index is 1440. The zero-order valence-electron chi connectivity index (χ0n) is 22.8. The smallest absolute Gasteiger partial charge is 0.174 e. The number of rotatable bonds is 6. The maximum Gasteiger partial charge on any atom is 0.174 e. The number of nitrogens with one attached hydrogen (secondary N) is 1. The van der Waals surface area contributed by atoms with Crippen molar-refractivity contribution in [2.24, 2.45) is 0 Å². The molecule has 0 amide bonds. The molecule has 2 fully saturated rings. The molecule has 0 bridgehead atoms. The van der Waals surface area contributed by atoms with Gasteiger partial charge in [0, 0.05) is 47.7 Å². The topological polar surface area (TPSA) is 45.6 Å². The van der Waals surface area contributed by atoms with Crippen LogP contribution in [-0.4, -0.2) is 41.0 Å². The van der Waals surface area contributed by atoms with Crippen molar-refractivity contribution in [3.05, 3.63) is 107 Å². The van der Waals surface area contributed by atoms with E-state index in [2.05, 4.69) is 101 Å². The van der Waals surface area contributed by atoms with Crippen LogP contribution in [0.15, 0.2) is 79.0 Å². The van der Waals surface area contributed by atoms with Crippen LogP contribution >= 0.6 is 12.2 Å².